The topological polar surface area (TPSA) is 118 Å². The minimum absolute atomic E-state index is 0.00795. The molecule has 1 fully saturated rings. The molecule has 10 heteroatoms. The molecule has 10 nitrogen and oxygen atoms in total. The molecule has 190 valence electrons. The lowest BCUT2D eigenvalue weighted by Crippen LogP contribution is -2.50. The maximum atomic E-state index is 12.2. The van der Waals surface area contributed by atoms with Gasteiger partial charge in [0.05, 0.1) is 17.6 Å². The fourth-order valence-corrected chi connectivity index (χ4v) is 4.02. The van der Waals surface area contributed by atoms with Crippen molar-refractivity contribution in [1.29, 1.82) is 0 Å². The smallest absolute Gasteiger partial charge is 0.336 e. The van der Waals surface area contributed by atoms with E-state index in [0.717, 1.165) is 6.54 Å². The Morgan fingerprint density at radius 3 is 2.43 bits per heavy atom. The summed E-state index contributed by atoms with van der Waals surface area (Å²) in [5, 5.41) is 16.1. The Hall–Kier alpha value is -3.24. The van der Waals surface area contributed by atoms with Gasteiger partial charge < -0.3 is 25.5 Å². The maximum absolute atomic E-state index is 12.2. The Bertz CT molecular complexity index is 1060. The van der Waals surface area contributed by atoms with Crippen LogP contribution in [-0.4, -0.2) is 97.6 Å². The van der Waals surface area contributed by atoms with Crippen molar-refractivity contribution >= 4 is 40.2 Å². The molecule has 0 spiro atoms. The first kappa shape index (κ1) is 26.4. The van der Waals surface area contributed by atoms with Crippen LogP contribution in [0.1, 0.15) is 30.6 Å². The van der Waals surface area contributed by atoms with Crippen LogP contribution >= 0.6 is 0 Å². The monoisotopic (exact) mass is 484 g/mol. The van der Waals surface area contributed by atoms with Crippen molar-refractivity contribution in [3.63, 3.8) is 0 Å². The third kappa shape index (κ3) is 7.63. The molecule has 2 amide bonds. The fraction of sp³-hybridized carbons (Fsp3) is 0.520. The van der Waals surface area contributed by atoms with E-state index in [-0.39, 0.29) is 23.3 Å². The van der Waals surface area contributed by atoms with Gasteiger partial charge in [-0.1, -0.05) is 13.8 Å². The summed E-state index contributed by atoms with van der Waals surface area (Å²) in [6.07, 6.45) is 0.394. The van der Waals surface area contributed by atoms with Gasteiger partial charge in [-0.3, -0.25) is 14.5 Å². The molecule has 0 unspecified atom stereocenters. The highest BCUT2D eigenvalue weighted by atomic mass is 16.4. The van der Waals surface area contributed by atoms with Crippen LogP contribution in [0.25, 0.3) is 10.9 Å². The summed E-state index contributed by atoms with van der Waals surface area (Å²) in [5.74, 6) is -0.315. The summed E-state index contributed by atoms with van der Waals surface area (Å²) in [7, 11) is 3.93. The molecule has 1 aromatic heterocycles. The predicted molar refractivity (Wildman–Crippen MR) is 137 cm³/mol. The van der Waals surface area contributed by atoms with E-state index in [1.54, 1.807) is 24.3 Å². The van der Waals surface area contributed by atoms with E-state index in [0.29, 0.717) is 68.1 Å². The number of benzene rings is 1. The van der Waals surface area contributed by atoms with E-state index in [4.69, 9.17) is 4.98 Å². The van der Waals surface area contributed by atoms with Gasteiger partial charge in [-0.15, -0.1) is 0 Å². The molecule has 1 aromatic carbocycles. The molecule has 0 radical (unpaired) electrons. The number of hydrogen-bond donors (Lipinski definition) is 3. The number of aromatic nitrogens is 1. The van der Waals surface area contributed by atoms with E-state index in [9.17, 15) is 19.5 Å². The number of aromatic carboxylic acids is 1. The second-order valence-electron chi connectivity index (χ2n) is 9.63. The number of nitrogens with one attached hydrogen (secondary N) is 2. The number of piperazine rings is 1. The summed E-state index contributed by atoms with van der Waals surface area (Å²) >= 11 is 0. The van der Waals surface area contributed by atoms with Gasteiger partial charge in [0.1, 0.15) is 5.82 Å². The molecule has 3 N–H and O–H groups in total. The lowest BCUT2D eigenvalue weighted by atomic mass is 10.1. The molecule has 2 aromatic rings. The van der Waals surface area contributed by atoms with Gasteiger partial charge in [0, 0.05) is 56.8 Å². The highest BCUT2D eigenvalue weighted by Gasteiger charge is 2.22. The van der Waals surface area contributed by atoms with Gasteiger partial charge >= 0.3 is 5.97 Å². The molecule has 35 heavy (non-hydrogen) atoms. The van der Waals surface area contributed by atoms with E-state index < -0.39 is 5.97 Å². The summed E-state index contributed by atoms with van der Waals surface area (Å²) < 4.78 is 0. The lowest BCUT2D eigenvalue weighted by Gasteiger charge is -2.35. The minimum Gasteiger partial charge on any atom is -0.478 e. The zero-order valence-corrected chi connectivity index (χ0v) is 21.0. The average molecular weight is 485 g/mol. The van der Waals surface area contributed by atoms with Crippen LogP contribution in [0.5, 0.6) is 0 Å². The Kier molecular flexibility index (Phi) is 9.00. The largest absolute Gasteiger partial charge is 0.478 e. The van der Waals surface area contributed by atoms with E-state index in [1.807, 2.05) is 37.7 Å². The minimum atomic E-state index is -1.04. The molecule has 0 saturated carbocycles. The second-order valence-corrected chi connectivity index (χ2v) is 9.63. The average Bonchev–Trinajstić information content (AvgIpc) is 2.78. The molecule has 1 saturated heterocycles. The number of anilines is 2. The highest BCUT2D eigenvalue weighted by molar-refractivity contribution is 6.05. The summed E-state index contributed by atoms with van der Waals surface area (Å²) in [6.45, 7) is 8.35. The number of carboxylic acids is 1. The first-order chi connectivity index (χ1) is 16.6. The van der Waals surface area contributed by atoms with Gasteiger partial charge in [-0.2, -0.15) is 0 Å². The quantitative estimate of drug-likeness (QED) is 0.467. The number of likely N-dealkylation sites (N-methyl/N-ethyl adjacent to an activating group) is 1. The van der Waals surface area contributed by atoms with E-state index in [2.05, 4.69) is 15.5 Å². The van der Waals surface area contributed by atoms with Crippen LogP contribution < -0.4 is 15.5 Å². The Balaban J connectivity index is 1.67. The number of amides is 2. The van der Waals surface area contributed by atoms with Gasteiger partial charge in [0.25, 0.3) is 0 Å². The predicted octanol–water partition coefficient (Wildman–Crippen LogP) is 1.72. The second kappa shape index (κ2) is 11.9. The van der Waals surface area contributed by atoms with Crippen molar-refractivity contribution < 1.29 is 19.5 Å². The summed E-state index contributed by atoms with van der Waals surface area (Å²) in [6, 6.07) is 6.75. The molecule has 1 aliphatic rings. The summed E-state index contributed by atoms with van der Waals surface area (Å²) in [4.78, 5) is 47.2. The third-order valence-corrected chi connectivity index (χ3v) is 5.85. The van der Waals surface area contributed by atoms with Gasteiger partial charge in [0.2, 0.25) is 11.8 Å². The lowest BCUT2D eigenvalue weighted by molar-refractivity contribution is -0.122. The first-order valence-electron chi connectivity index (χ1n) is 12.0. The number of pyridine rings is 1. The number of carbonyl (C=O) groups is 3. The molecule has 1 aliphatic heterocycles. The number of nitrogens with zero attached hydrogens (tertiary/aromatic N) is 4. The fourth-order valence-electron chi connectivity index (χ4n) is 4.02. The number of carbonyl (C=O) groups excluding carboxylic acids is 2. The molecule has 3 rings (SSSR count). The van der Waals surface area contributed by atoms with Crippen LogP contribution in [0.4, 0.5) is 11.5 Å². The van der Waals surface area contributed by atoms with Gasteiger partial charge in [-0.25, -0.2) is 9.78 Å². The summed E-state index contributed by atoms with van der Waals surface area (Å²) in [5.41, 5.74) is 1.26. The Labute approximate surface area is 206 Å². The normalized spacial score (nSPS) is 14.5. The molecule has 0 bridgehead atoms. The van der Waals surface area contributed by atoms with Crippen molar-refractivity contribution in [2.45, 2.75) is 20.3 Å². The van der Waals surface area contributed by atoms with Gasteiger partial charge in [-0.05, 0) is 44.3 Å². The highest BCUT2D eigenvalue weighted by Crippen LogP contribution is 2.27. The standard InChI is InChI=1S/C25H36N6O4/c1-17(2)13-23(32)27-18-5-6-21-19(14-18)20(25(34)35)15-22(28-21)31-11-9-30(10-12-31)16-24(33)26-7-8-29(3)4/h5-6,14-15,17H,7-13,16H2,1-4H3,(H,26,33)(H,27,32)(H,34,35). The van der Waals surface area contributed by atoms with Crippen LogP contribution in [0.2, 0.25) is 0 Å². The molecule has 0 aliphatic carbocycles. The zero-order chi connectivity index (χ0) is 25.5. The first-order valence-corrected chi connectivity index (χ1v) is 12.0. The van der Waals surface area contributed by atoms with Crippen LogP contribution in [0, 0.1) is 5.92 Å². The van der Waals surface area contributed by atoms with Crippen LogP contribution in [-0.2, 0) is 9.59 Å². The van der Waals surface area contributed by atoms with Crippen molar-refractivity contribution in [2.75, 3.05) is 70.1 Å². The number of fused-ring (bicyclic) bond motifs is 1. The third-order valence-electron chi connectivity index (χ3n) is 5.85. The SMILES string of the molecule is CC(C)CC(=O)Nc1ccc2nc(N3CCN(CC(=O)NCCN(C)C)CC3)cc(C(=O)O)c2c1. The molecule has 2 heterocycles. The zero-order valence-electron chi connectivity index (χ0n) is 21.0. The number of rotatable bonds is 10. The number of carboxylic acid groups (broad SMARTS) is 1. The Morgan fingerprint density at radius 2 is 1.80 bits per heavy atom. The maximum Gasteiger partial charge on any atom is 0.336 e. The van der Waals surface area contributed by atoms with Crippen LogP contribution in [0.15, 0.2) is 24.3 Å². The molecule has 0 atom stereocenters. The van der Waals surface area contributed by atoms with Crippen molar-refractivity contribution in [3.05, 3.63) is 29.8 Å². The van der Waals surface area contributed by atoms with Gasteiger partial charge in [0.15, 0.2) is 0 Å². The van der Waals surface area contributed by atoms with Crippen molar-refractivity contribution in [3.8, 4) is 0 Å². The van der Waals surface area contributed by atoms with E-state index >= 15 is 0 Å². The van der Waals surface area contributed by atoms with Crippen molar-refractivity contribution in [2.24, 2.45) is 5.92 Å². The van der Waals surface area contributed by atoms with Crippen LogP contribution in [0.3, 0.4) is 0 Å². The van der Waals surface area contributed by atoms with E-state index in [1.165, 1.54) is 0 Å². The molecular formula is C25H36N6O4. The number of hydrogen-bond acceptors (Lipinski definition) is 7. The van der Waals surface area contributed by atoms with Crippen molar-refractivity contribution in [1.82, 2.24) is 20.1 Å². The molecular weight excluding hydrogens is 448 g/mol. The Morgan fingerprint density at radius 1 is 1.09 bits per heavy atom.